The van der Waals surface area contributed by atoms with E-state index in [9.17, 15) is 14.4 Å². The summed E-state index contributed by atoms with van der Waals surface area (Å²) in [6, 6.07) is 13.5. The molecule has 0 heterocycles. The Morgan fingerprint density at radius 3 is 2.48 bits per heavy atom. The molecule has 0 unspecified atom stereocenters. The van der Waals surface area contributed by atoms with Crippen LogP contribution in [0.3, 0.4) is 0 Å². The largest absolute Gasteiger partial charge is 0.493 e. The minimum absolute atomic E-state index is 0.340. The van der Waals surface area contributed by atoms with Crippen molar-refractivity contribution in [3.63, 3.8) is 0 Å². The molecule has 0 aromatic heterocycles. The lowest BCUT2D eigenvalue weighted by Gasteiger charge is -2.10. The van der Waals surface area contributed by atoms with Gasteiger partial charge >= 0.3 is 5.97 Å². The first kappa shape index (κ1) is 21.7. The number of hydrogen-bond donors (Lipinski definition) is 1. The summed E-state index contributed by atoms with van der Waals surface area (Å²) in [6.07, 6.45) is 3.59. The van der Waals surface area contributed by atoms with Crippen LogP contribution >= 0.6 is 0 Å². The van der Waals surface area contributed by atoms with Crippen molar-refractivity contribution >= 4 is 23.9 Å². The van der Waals surface area contributed by atoms with Gasteiger partial charge in [-0.25, -0.2) is 4.79 Å². The van der Waals surface area contributed by atoms with E-state index in [1.54, 1.807) is 48.5 Å². The van der Waals surface area contributed by atoms with Gasteiger partial charge in [0.1, 0.15) is 0 Å². The molecular weight excluding hydrogens is 374 g/mol. The fraction of sp³-hybridized carbons (Fsp3) is 0.227. The fourth-order valence-corrected chi connectivity index (χ4v) is 2.29. The molecule has 152 valence electrons. The van der Waals surface area contributed by atoms with Gasteiger partial charge in [0.05, 0.1) is 13.7 Å². The van der Waals surface area contributed by atoms with Gasteiger partial charge < -0.3 is 14.2 Å². The summed E-state index contributed by atoms with van der Waals surface area (Å²) in [4.78, 5) is 35.4. The first-order chi connectivity index (χ1) is 14.0. The third kappa shape index (κ3) is 7.14. The number of carbonyl (C=O) groups excluding carboxylic acids is 3. The molecule has 0 bridgehead atoms. The second-order valence-electron chi connectivity index (χ2n) is 5.94. The molecule has 7 nitrogen and oxygen atoms in total. The number of hydrogen-bond acceptors (Lipinski definition) is 6. The first-order valence-electron chi connectivity index (χ1n) is 9.08. The molecule has 0 fully saturated rings. The number of imide groups is 1. The predicted octanol–water partition coefficient (Wildman–Crippen LogP) is 3.00. The molecular formula is C22H23NO6. The van der Waals surface area contributed by atoms with Gasteiger partial charge in [-0.05, 0) is 42.3 Å². The van der Waals surface area contributed by atoms with E-state index in [4.69, 9.17) is 14.2 Å². The quantitative estimate of drug-likeness (QED) is 0.517. The van der Waals surface area contributed by atoms with E-state index in [-0.39, 0.29) is 0 Å². The number of carbonyl (C=O) groups is 3. The van der Waals surface area contributed by atoms with Gasteiger partial charge in [0.25, 0.3) is 11.8 Å². The van der Waals surface area contributed by atoms with Crippen LogP contribution < -0.4 is 14.8 Å². The first-order valence-corrected chi connectivity index (χ1v) is 9.08. The lowest BCUT2D eigenvalue weighted by atomic mass is 10.2. The highest BCUT2D eigenvalue weighted by atomic mass is 16.5. The van der Waals surface area contributed by atoms with Gasteiger partial charge in [0.15, 0.2) is 18.1 Å². The van der Waals surface area contributed by atoms with E-state index in [1.807, 2.05) is 6.92 Å². The average molecular weight is 397 g/mol. The van der Waals surface area contributed by atoms with Crippen molar-refractivity contribution in [1.82, 2.24) is 5.32 Å². The van der Waals surface area contributed by atoms with E-state index in [2.05, 4.69) is 5.32 Å². The van der Waals surface area contributed by atoms with Gasteiger partial charge in [-0.1, -0.05) is 31.2 Å². The van der Waals surface area contributed by atoms with Crippen LogP contribution in [0.4, 0.5) is 0 Å². The Balaban J connectivity index is 1.84. The number of rotatable bonds is 9. The maximum atomic E-state index is 11.9. The van der Waals surface area contributed by atoms with E-state index < -0.39 is 24.4 Å². The second-order valence-corrected chi connectivity index (χ2v) is 5.94. The molecule has 7 heteroatoms. The van der Waals surface area contributed by atoms with Gasteiger partial charge in [0, 0.05) is 11.6 Å². The maximum absolute atomic E-state index is 11.9. The molecule has 0 spiro atoms. The van der Waals surface area contributed by atoms with Crippen molar-refractivity contribution in [2.45, 2.75) is 13.3 Å². The molecule has 0 aliphatic carbocycles. The highest BCUT2D eigenvalue weighted by molar-refractivity contribution is 6.05. The standard InChI is InChI=1S/C22H23NO6/c1-3-13-28-18-11-9-16(14-19(18)27-2)10-12-21(25)29-15-20(24)23-22(26)17-7-5-4-6-8-17/h4-12,14H,3,13,15H2,1-2H3,(H,23,24,26)/b12-10+. The monoisotopic (exact) mass is 397 g/mol. The highest BCUT2D eigenvalue weighted by Gasteiger charge is 2.11. The molecule has 1 N–H and O–H groups in total. The third-order valence-corrected chi connectivity index (χ3v) is 3.70. The third-order valence-electron chi connectivity index (χ3n) is 3.70. The van der Waals surface area contributed by atoms with Crippen LogP contribution in [0, 0.1) is 0 Å². The molecule has 0 radical (unpaired) electrons. The Bertz CT molecular complexity index is 876. The summed E-state index contributed by atoms with van der Waals surface area (Å²) >= 11 is 0. The van der Waals surface area contributed by atoms with Crippen molar-refractivity contribution in [2.24, 2.45) is 0 Å². The molecule has 0 aliphatic heterocycles. The van der Waals surface area contributed by atoms with Crippen LogP contribution in [0.1, 0.15) is 29.3 Å². The van der Waals surface area contributed by atoms with E-state index >= 15 is 0 Å². The molecule has 2 aromatic carbocycles. The lowest BCUT2D eigenvalue weighted by Crippen LogP contribution is -2.33. The normalized spacial score (nSPS) is 10.4. The minimum atomic E-state index is -0.711. The summed E-state index contributed by atoms with van der Waals surface area (Å²) in [5.41, 5.74) is 1.04. The zero-order valence-corrected chi connectivity index (χ0v) is 16.3. The molecule has 0 aliphatic rings. The maximum Gasteiger partial charge on any atom is 0.331 e. The zero-order chi connectivity index (χ0) is 21.1. The van der Waals surface area contributed by atoms with Crippen LogP contribution in [0.15, 0.2) is 54.6 Å². The van der Waals surface area contributed by atoms with Crippen molar-refractivity contribution in [2.75, 3.05) is 20.3 Å². The van der Waals surface area contributed by atoms with Crippen LogP contribution in [-0.2, 0) is 14.3 Å². The van der Waals surface area contributed by atoms with Gasteiger partial charge in [-0.3, -0.25) is 14.9 Å². The SMILES string of the molecule is CCCOc1ccc(/C=C/C(=O)OCC(=O)NC(=O)c2ccccc2)cc1OC. The van der Waals surface area contributed by atoms with Crippen molar-refractivity contribution in [1.29, 1.82) is 0 Å². The van der Waals surface area contributed by atoms with Crippen LogP contribution in [0.5, 0.6) is 11.5 Å². The second kappa shape index (κ2) is 11.3. The zero-order valence-electron chi connectivity index (χ0n) is 16.3. The Morgan fingerprint density at radius 2 is 1.79 bits per heavy atom. The number of methoxy groups -OCH3 is 1. The number of ether oxygens (including phenoxy) is 3. The molecule has 0 saturated heterocycles. The number of nitrogens with one attached hydrogen (secondary N) is 1. The smallest absolute Gasteiger partial charge is 0.331 e. The Morgan fingerprint density at radius 1 is 1.03 bits per heavy atom. The van der Waals surface area contributed by atoms with Crippen molar-refractivity contribution in [3.05, 3.63) is 65.7 Å². The topological polar surface area (TPSA) is 90.9 Å². The summed E-state index contributed by atoms with van der Waals surface area (Å²) in [5, 5.41) is 2.15. The molecule has 0 atom stereocenters. The van der Waals surface area contributed by atoms with E-state index in [1.165, 1.54) is 19.3 Å². The van der Waals surface area contributed by atoms with Crippen LogP contribution in [0.25, 0.3) is 6.08 Å². The molecule has 29 heavy (non-hydrogen) atoms. The fourth-order valence-electron chi connectivity index (χ4n) is 2.29. The molecule has 2 rings (SSSR count). The van der Waals surface area contributed by atoms with Crippen LogP contribution in [-0.4, -0.2) is 38.1 Å². The molecule has 2 amide bonds. The predicted molar refractivity (Wildman–Crippen MR) is 108 cm³/mol. The van der Waals surface area contributed by atoms with E-state index in [0.29, 0.717) is 29.2 Å². The van der Waals surface area contributed by atoms with E-state index in [0.717, 1.165) is 6.42 Å². The van der Waals surface area contributed by atoms with Gasteiger partial charge in [-0.2, -0.15) is 0 Å². The Labute approximate surface area is 169 Å². The van der Waals surface area contributed by atoms with Gasteiger partial charge in [0.2, 0.25) is 0 Å². The highest BCUT2D eigenvalue weighted by Crippen LogP contribution is 2.28. The Hall–Kier alpha value is -3.61. The molecule has 0 saturated carbocycles. The lowest BCUT2D eigenvalue weighted by molar-refractivity contribution is -0.143. The summed E-state index contributed by atoms with van der Waals surface area (Å²) < 4.78 is 15.7. The summed E-state index contributed by atoms with van der Waals surface area (Å²) in [6.45, 7) is 2.02. The Kier molecular flexibility index (Phi) is 8.44. The van der Waals surface area contributed by atoms with Crippen molar-refractivity contribution < 1.29 is 28.6 Å². The summed E-state index contributed by atoms with van der Waals surface area (Å²) in [7, 11) is 1.53. The number of amides is 2. The summed E-state index contributed by atoms with van der Waals surface area (Å²) in [5.74, 6) is -0.807. The average Bonchev–Trinajstić information content (AvgIpc) is 2.75. The number of benzene rings is 2. The van der Waals surface area contributed by atoms with Crippen molar-refractivity contribution in [3.8, 4) is 11.5 Å². The minimum Gasteiger partial charge on any atom is -0.493 e. The van der Waals surface area contributed by atoms with Crippen LogP contribution in [0.2, 0.25) is 0 Å². The molecule has 2 aromatic rings. The van der Waals surface area contributed by atoms with Gasteiger partial charge in [-0.15, -0.1) is 0 Å². The number of esters is 1.